The first-order valence-electron chi connectivity index (χ1n) is 14.1. The zero-order chi connectivity index (χ0) is 31.3. The van der Waals surface area contributed by atoms with Gasteiger partial charge in [0.05, 0.1) is 34.1 Å². The summed E-state index contributed by atoms with van der Waals surface area (Å²) in [5.74, 6) is 0.0422. The number of carbonyl (C=O) groups excluding carboxylic acids is 2. The van der Waals surface area contributed by atoms with Gasteiger partial charge in [0.25, 0.3) is 0 Å². The number of benzene rings is 1. The van der Waals surface area contributed by atoms with Gasteiger partial charge in [-0.25, -0.2) is 23.3 Å². The Morgan fingerprint density at radius 1 is 1.16 bits per heavy atom. The first-order valence-corrected chi connectivity index (χ1v) is 15.2. The second-order valence-electron chi connectivity index (χ2n) is 12.6. The van der Waals surface area contributed by atoms with Crippen molar-refractivity contribution in [2.75, 3.05) is 13.7 Å². The Labute approximate surface area is 252 Å². The number of ketones is 2. The van der Waals surface area contributed by atoms with E-state index in [1.54, 1.807) is 31.2 Å². The van der Waals surface area contributed by atoms with Crippen LogP contribution in [0.3, 0.4) is 0 Å². The standard InChI is InChI=1S/C32H36FN3O6S/c1-30(2,3)43(40)36-31(4)17-42-28-23(31)16-26(35-27(28)18-7-9-20(33)10-8-18)32(5,39)12-11-25(38)24-14-19-13-21(37)15-22(19)29(34-24)41-6/h7-10,14,16,36,39H,11-13,15,17H2,1-6H3/t31-,32-,43?/m1/s1. The Morgan fingerprint density at radius 2 is 1.86 bits per heavy atom. The Balaban J connectivity index is 1.49. The van der Waals surface area contributed by atoms with E-state index in [4.69, 9.17) is 14.5 Å². The third kappa shape index (κ3) is 6.11. The van der Waals surface area contributed by atoms with Gasteiger partial charge in [-0.15, -0.1) is 0 Å². The monoisotopic (exact) mass is 609 g/mol. The normalized spacial score (nSPS) is 19.8. The minimum Gasteiger partial charge on any atom is -0.489 e. The van der Waals surface area contributed by atoms with Crippen LogP contribution in [0.25, 0.3) is 11.3 Å². The smallest absolute Gasteiger partial charge is 0.217 e. The van der Waals surface area contributed by atoms with Crippen molar-refractivity contribution in [1.29, 1.82) is 0 Å². The molecule has 2 aromatic heterocycles. The first kappa shape index (κ1) is 30.9. The van der Waals surface area contributed by atoms with E-state index in [-0.39, 0.29) is 61.1 Å². The number of pyridine rings is 2. The molecule has 0 spiro atoms. The molecule has 1 unspecified atom stereocenters. The van der Waals surface area contributed by atoms with Gasteiger partial charge in [-0.05, 0) is 83.0 Å². The summed E-state index contributed by atoms with van der Waals surface area (Å²) < 4.78 is 41.0. The highest BCUT2D eigenvalue weighted by molar-refractivity contribution is 7.84. The van der Waals surface area contributed by atoms with E-state index in [1.165, 1.54) is 19.2 Å². The fourth-order valence-electron chi connectivity index (χ4n) is 5.25. The summed E-state index contributed by atoms with van der Waals surface area (Å²) in [5, 5.41) is 11.7. The molecular weight excluding hydrogens is 573 g/mol. The number of halogens is 1. The lowest BCUT2D eigenvalue weighted by molar-refractivity contribution is -0.117. The largest absolute Gasteiger partial charge is 0.489 e. The minimum atomic E-state index is -1.57. The Hall–Kier alpha value is -3.54. The topological polar surface area (TPSA) is 128 Å². The highest BCUT2D eigenvalue weighted by atomic mass is 32.2. The molecule has 2 N–H and O–H groups in total. The summed E-state index contributed by atoms with van der Waals surface area (Å²) in [6.07, 6.45) is 0.419. The van der Waals surface area contributed by atoms with E-state index in [9.17, 15) is 23.3 Å². The van der Waals surface area contributed by atoms with E-state index in [2.05, 4.69) is 9.71 Å². The van der Waals surface area contributed by atoms with Crippen molar-refractivity contribution < 1.29 is 32.8 Å². The molecule has 0 amide bonds. The highest BCUT2D eigenvalue weighted by Crippen LogP contribution is 2.45. The van der Waals surface area contributed by atoms with Crippen molar-refractivity contribution in [1.82, 2.24) is 14.7 Å². The first-order chi connectivity index (χ1) is 20.1. The predicted octanol–water partition coefficient (Wildman–Crippen LogP) is 4.49. The number of carbonyl (C=O) groups is 2. The van der Waals surface area contributed by atoms with Crippen LogP contribution in [0.5, 0.6) is 11.6 Å². The molecular formula is C32H36FN3O6S. The molecule has 2 aliphatic rings. The number of ether oxygens (including phenoxy) is 2. The molecule has 3 atom stereocenters. The summed E-state index contributed by atoms with van der Waals surface area (Å²) in [4.78, 5) is 34.3. The van der Waals surface area contributed by atoms with E-state index in [1.807, 2.05) is 27.7 Å². The molecule has 5 rings (SSSR count). The van der Waals surface area contributed by atoms with Crippen LogP contribution >= 0.6 is 0 Å². The number of fused-ring (bicyclic) bond motifs is 2. The molecule has 0 bridgehead atoms. The molecule has 228 valence electrons. The number of hydrogen-bond acceptors (Lipinski definition) is 8. The van der Waals surface area contributed by atoms with Crippen LogP contribution in [0.2, 0.25) is 0 Å². The van der Waals surface area contributed by atoms with Crippen molar-refractivity contribution in [3.05, 3.63) is 70.3 Å². The molecule has 1 aliphatic carbocycles. The van der Waals surface area contributed by atoms with E-state index < -0.39 is 32.7 Å². The van der Waals surface area contributed by atoms with Crippen molar-refractivity contribution >= 4 is 22.6 Å². The summed E-state index contributed by atoms with van der Waals surface area (Å²) in [7, 11) is 0.0132. The van der Waals surface area contributed by atoms with Gasteiger partial charge in [0.15, 0.2) is 11.5 Å². The summed E-state index contributed by atoms with van der Waals surface area (Å²) in [6.45, 7) is 9.21. The predicted molar refractivity (Wildman–Crippen MR) is 160 cm³/mol. The minimum absolute atomic E-state index is 0.0133. The molecule has 0 saturated carbocycles. The lowest BCUT2D eigenvalue weighted by Crippen LogP contribution is -2.47. The van der Waals surface area contributed by atoms with Crippen molar-refractivity contribution in [3.8, 4) is 22.9 Å². The zero-order valence-corrected chi connectivity index (χ0v) is 26.0. The molecule has 3 heterocycles. The molecule has 1 aromatic carbocycles. The molecule has 0 fully saturated rings. The maximum Gasteiger partial charge on any atom is 0.217 e. The van der Waals surface area contributed by atoms with Crippen molar-refractivity contribution in [2.24, 2.45) is 0 Å². The lowest BCUT2D eigenvalue weighted by atomic mass is 9.88. The van der Waals surface area contributed by atoms with Gasteiger partial charge >= 0.3 is 0 Å². The van der Waals surface area contributed by atoms with Crippen LogP contribution in [-0.2, 0) is 39.8 Å². The lowest BCUT2D eigenvalue weighted by Gasteiger charge is -2.30. The van der Waals surface area contributed by atoms with Gasteiger partial charge in [0.1, 0.15) is 35.2 Å². The van der Waals surface area contributed by atoms with Crippen LogP contribution in [0, 0.1) is 5.82 Å². The molecule has 1 aliphatic heterocycles. The van der Waals surface area contributed by atoms with Crippen molar-refractivity contribution in [3.63, 3.8) is 0 Å². The number of aliphatic hydroxyl groups is 1. The van der Waals surface area contributed by atoms with Gasteiger partial charge in [-0.2, -0.15) is 0 Å². The van der Waals surface area contributed by atoms with E-state index in [0.717, 1.165) is 5.56 Å². The fourth-order valence-corrected chi connectivity index (χ4v) is 6.13. The number of methoxy groups -OCH3 is 1. The molecule has 0 radical (unpaired) electrons. The maximum absolute atomic E-state index is 13.8. The van der Waals surface area contributed by atoms with Crippen LogP contribution in [-0.4, -0.2) is 49.3 Å². The van der Waals surface area contributed by atoms with Crippen LogP contribution in [0.15, 0.2) is 36.4 Å². The Kier molecular flexibility index (Phi) is 8.04. The number of hydrogen-bond donors (Lipinski definition) is 2. The number of aromatic nitrogens is 2. The van der Waals surface area contributed by atoms with E-state index in [0.29, 0.717) is 28.1 Å². The third-order valence-electron chi connectivity index (χ3n) is 7.87. The second-order valence-corrected chi connectivity index (χ2v) is 14.6. The quantitative estimate of drug-likeness (QED) is 0.340. The molecule has 0 saturated heterocycles. The number of Topliss-reactive ketones (excluding diaryl/α,β-unsaturated/α-hetero) is 2. The average Bonchev–Trinajstić information content (AvgIpc) is 3.49. The van der Waals surface area contributed by atoms with Gasteiger partial charge in [0.2, 0.25) is 5.88 Å². The van der Waals surface area contributed by atoms with Gasteiger partial charge in [-0.3, -0.25) is 9.59 Å². The summed E-state index contributed by atoms with van der Waals surface area (Å²) in [6, 6.07) is 9.15. The molecule has 3 aromatic rings. The summed E-state index contributed by atoms with van der Waals surface area (Å²) in [5.41, 5.74) is 1.08. The van der Waals surface area contributed by atoms with Crippen LogP contribution < -0.4 is 14.2 Å². The van der Waals surface area contributed by atoms with Crippen molar-refractivity contribution in [2.45, 2.75) is 76.2 Å². The van der Waals surface area contributed by atoms with E-state index >= 15 is 0 Å². The Morgan fingerprint density at radius 3 is 2.51 bits per heavy atom. The third-order valence-corrected chi connectivity index (χ3v) is 9.62. The molecule has 43 heavy (non-hydrogen) atoms. The number of nitrogens with one attached hydrogen (secondary N) is 1. The average molecular weight is 610 g/mol. The zero-order valence-electron chi connectivity index (χ0n) is 25.2. The number of rotatable bonds is 9. The second kappa shape index (κ2) is 11.2. The van der Waals surface area contributed by atoms with Gasteiger partial charge < -0.3 is 14.6 Å². The fraction of sp³-hybridized carbons (Fsp3) is 0.438. The maximum atomic E-state index is 13.8. The SMILES string of the molecule is COc1nc(C(=O)CC[C@@](C)(O)c2cc3c(c(-c4ccc(F)cc4)n2)OC[C@@]3(C)NS(=O)C(C)(C)C)cc2c1CC(=O)C2. The Bertz CT molecular complexity index is 1630. The summed E-state index contributed by atoms with van der Waals surface area (Å²) >= 11 is 0. The van der Waals surface area contributed by atoms with Gasteiger partial charge in [0, 0.05) is 36.0 Å². The van der Waals surface area contributed by atoms with Crippen LogP contribution in [0.4, 0.5) is 4.39 Å². The highest BCUT2D eigenvalue weighted by Gasteiger charge is 2.43. The number of nitrogens with zero attached hydrogens (tertiary/aromatic N) is 2. The molecule has 11 heteroatoms. The van der Waals surface area contributed by atoms with Gasteiger partial charge in [-0.1, -0.05) is 0 Å². The van der Waals surface area contributed by atoms with Crippen LogP contribution in [0.1, 0.15) is 80.3 Å². The molecule has 9 nitrogen and oxygen atoms in total.